The van der Waals surface area contributed by atoms with Crippen LogP contribution in [0.15, 0.2) is 5.16 Å². The highest BCUT2D eigenvalue weighted by molar-refractivity contribution is 7.99. The Morgan fingerprint density at radius 3 is 2.95 bits per heavy atom. The summed E-state index contributed by atoms with van der Waals surface area (Å²) in [5.41, 5.74) is 7.54. The van der Waals surface area contributed by atoms with Gasteiger partial charge in [0.2, 0.25) is 0 Å². The number of rotatable bonds is 5. The van der Waals surface area contributed by atoms with Crippen molar-refractivity contribution >= 4 is 39.1 Å². The van der Waals surface area contributed by atoms with E-state index in [9.17, 15) is 0 Å². The highest BCUT2D eigenvalue weighted by atomic mass is 32.2. The van der Waals surface area contributed by atoms with E-state index < -0.39 is 0 Å². The lowest BCUT2D eigenvalue weighted by Crippen LogP contribution is -2.21. The van der Waals surface area contributed by atoms with Crippen LogP contribution in [0.5, 0.6) is 0 Å². The number of nitrogens with zero attached hydrogens (tertiary/aromatic N) is 2. The summed E-state index contributed by atoms with van der Waals surface area (Å²) in [4.78, 5) is 11.5. The quantitative estimate of drug-likeness (QED) is 0.665. The second-order valence-corrected chi connectivity index (χ2v) is 7.50. The largest absolute Gasteiger partial charge is 0.383 e. The van der Waals surface area contributed by atoms with E-state index >= 15 is 0 Å². The van der Waals surface area contributed by atoms with E-state index in [1.165, 1.54) is 10.4 Å². The molecule has 2 N–H and O–H groups in total. The fourth-order valence-electron chi connectivity index (χ4n) is 2.69. The van der Waals surface area contributed by atoms with Crippen LogP contribution in [0, 0.1) is 0 Å². The molecule has 2 aromatic rings. The third kappa shape index (κ3) is 3.03. The summed E-state index contributed by atoms with van der Waals surface area (Å²) in [6.45, 7) is 5.04. The van der Waals surface area contributed by atoms with E-state index in [1.54, 1.807) is 23.1 Å². The number of thioether (sulfide) groups is 1. The summed E-state index contributed by atoms with van der Waals surface area (Å²) >= 11 is 3.39. The van der Waals surface area contributed by atoms with Gasteiger partial charge in [-0.2, -0.15) is 0 Å². The third-order valence-corrected chi connectivity index (χ3v) is 5.82. The number of fused-ring (bicyclic) bond motifs is 3. The Labute approximate surface area is 133 Å². The van der Waals surface area contributed by atoms with Gasteiger partial charge >= 0.3 is 0 Å². The number of thiophene rings is 1. The second-order valence-electron chi connectivity index (χ2n) is 5.35. The molecule has 0 fully saturated rings. The number of ether oxygens (including phenoxy) is 1. The lowest BCUT2D eigenvalue weighted by Gasteiger charge is -2.22. The van der Waals surface area contributed by atoms with E-state index in [0.29, 0.717) is 18.5 Å². The smallest absolute Gasteiger partial charge is 0.190 e. The van der Waals surface area contributed by atoms with Crippen molar-refractivity contribution in [3.63, 3.8) is 0 Å². The monoisotopic (exact) mass is 323 g/mol. The summed E-state index contributed by atoms with van der Waals surface area (Å²) in [6.07, 6.45) is 4.61. The Hall–Kier alpha value is -0.850. The zero-order valence-corrected chi connectivity index (χ0v) is 14.1. The van der Waals surface area contributed by atoms with Gasteiger partial charge in [0.25, 0.3) is 0 Å². The number of anilines is 1. The first-order chi connectivity index (χ1) is 10.2. The van der Waals surface area contributed by atoms with E-state index in [0.717, 1.165) is 46.8 Å². The van der Waals surface area contributed by atoms with Crippen molar-refractivity contribution in [1.29, 1.82) is 0 Å². The van der Waals surface area contributed by atoms with Gasteiger partial charge in [0.05, 0.1) is 18.1 Å². The number of hydrogen-bond donors (Lipinski definition) is 1. The highest BCUT2D eigenvalue weighted by Gasteiger charge is 2.25. The molecule has 21 heavy (non-hydrogen) atoms. The van der Waals surface area contributed by atoms with Crippen molar-refractivity contribution in [3.05, 3.63) is 10.4 Å². The number of aromatic nitrogens is 2. The summed E-state index contributed by atoms with van der Waals surface area (Å²) in [5.74, 6) is 1.66. The molecule has 4 nitrogen and oxygen atoms in total. The van der Waals surface area contributed by atoms with Gasteiger partial charge in [0.15, 0.2) is 5.16 Å². The van der Waals surface area contributed by atoms with Crippen molar-refractivity contribution in [2.24, 2.45) is 0 Å². The topological polar surface area (TPSA) is 61.0 Å². The molecule has 1 aliphatic rings. The van der Waals surface area contributed by atoms with Crippen LogP contribution in [0.4, 0.5) is 5.82 Å². The van der Waals surface area contributed by atoms with E-state index in [1.807, 2.05) is 0 Å². The van der Waals surface area contributed by atoms with E-state index in [-0.39, 0.29) is 0 Å². The molecule has 0 amide bonds. The van der Waals surface area contributed by atoms with Gasteiger partial charge in [-0.15, -0.1) is 11.3 Å². The van der Waals surface area contributed by atoms with Crippen LogP contribution in [0.1, 0.15) is 43.6 Å². The van der Waals surface area contributed by atoms with Crippen molar-refractivity contribution < 1.29 is 4.74 Å². The Bertz CT molecular complexity index is 641. The summed E-state index contributed by atoms with van der Waals surface area (Å²) in [7, 11) is 0. The van der Waals surface area contributed by atoms with Gasteiger partial charge in [-0.25, -0.2) is 9.97 Å². The third-order valence-electron chi connectivity index (χ3n) is 3.67. The minimum atomic E-state index is 0.314. The maximum absolute atomic E-state index is 6.22. The molecule has 1 aliphatic heterocycles. The zero-order chi connectivity index (χ0) is 14.8. The van der Waals surface area contributed by atoms with Crippen LogP contribution >= 0.6 is 23.1 Å². The average molecular weight is 323 g/mol. The standard InChI is InChI=1S/C15H21N3OS2/c1-3-5-9-7-10-11(8-19-9)21-14-12(10)13(16)17-15(18-14)20-6-4-2/h9H,3-8H2,1-2H3,(H2,16,17,18)/t9-/m1/s1. The van der Waals surface area contributed by atoms with Gasteiger partial charge in [-0.1, -0.05) is 32.0 Å². The number of nitrogen functional groups attached to an aromatic ring is 1. The zero-order valence-electron chi connectivity index (χ0n) is 12.5. The predicted octanol–water partition coefficient (Wildman–Crippen LogP) is 4.02. The molecule has 0 aromatic carbocycles. The van der Waals surface area contributed by atoms with Crippen LogP contribution in [-0.4, -0.2) is 21.8 Å². The maximum Gasteiger partial charge on any atom is 0.190 e. The van der Waals surface area contributed by atoms with Gasteiger partial charge in [0.1, 0.15) is 10.6 Å². The molecule has 0 saturated carbocycles. The van der Waals surface area contributed by atoms with Crippen molar-refractivity contribution in [2.45, 2.75) is 57.4 Å². The van der Waals surface area contributed by atoms with E-state index in [2.05, 4.69) is 23.8 Å². The number of nitrogens with two attached hydrogens (primary N) is 1. The molecule has 0 bridgehead atoms. The molecule has 0 saturated heterocycles. The minimum Gasteiger partial charge on any atom is -0.383 e. The lowest BCUT2D eigenvalue weighted by atomic mass is 10.0. The summed E-state index contributed by atoms with van der Waals surface area (Å²) in [6, 6.07) is 0. The molecule has 1 atom stereocenters. The summed E-state index contributed by atoms with van der Waals surface area (Å²) in [5, 5.41) is 1.87. The van der Waals surface area contributed by atoms with Gasteiger partial charge in [0, 0.05) is 17.1 Å². The van der Waals surface area contributed by atoms with Crippen LogP contribution in [0.25, 0.3) is 10.2 Å². The highest BCUT2D eigenvalue weighted by Crippen LogP contribution is 2.38. The molecule has 0 spiro atoms. The van der Waals surface area contributed by atoms with Crippen LogP contribution in [-0.2, 0) is 17.8 Å². The minimum absolute atomic E-state index is 0.314. The lowest BCUT2D eigenvalue weighted by molar-refractivity contribution is 0.0254. The SMILES string of the molecule is CCCSc1nc(N)c2c3c(sc2n1)CO[C@H](CCC)C3. The van der Waals surface area contributed by atoms with Crippen molar-refractivity contribution in [1.82, 2.24) is 9.97 Å². The Kier molecular flexibility index (Phi) is 4.66. The first-order valence-corrected chi connectivity index (χ1v) is 9.35. The Balaban J connectivity index is 1.97. The molecule has 0 radical (unpaired) electrons. The van der Waals surface area contributed by atoms with E-state index in [4.69, 9.17) is 10.5 Å². The predicted molar refractivity (Wildman–Crippen MR) is 90.0 cm³/mol. The molecule has 3 rings (SSSR count). The second kappa shape index (κ2) is 6.50. The van der Waals surface area contributed by atoms with Gasteiger partial charge in [-0.3, -0.25) is 0 Å². The molecule has 6 heteroatoms. The molecule has 0 unspecified atom stereocenters. The molecule has 3 heterocycles. The molecular formula is C15H21N3OS2. The molecule has 114 valence electrons. The van der Waals surface area contributed by atoms with Crippen LogP contribution in [0.2, 0.25) is 0 Å². The van der Waals surface area contributed by atoms with Crippen molar-refractivity contribution in [2.75, 3.05) is 11.5 Å². The molecular weight excluding hydrogens is 302 g/mol. The van der Waals surface area contributed by atoms with Crippen molar-refractivity contribution in [3.8, 4) is 0 Å². The van der Waals surface area contributed by atoms with Crippen LogP contribution in [0.3, 0.4) is 0 Å². The Morgan fingerprint density at radius 2 is 2.19 bits per heavy atom. The first kappa shape index (κ1) is 15.1. The average Bonchev–Trinajstić information content (AvgIpc) is 2.83. The number of hydrogen-bond acceptors (Lipinski definition) is 6. The Morgan fingerprint density at radius 1 is 1.33 bits per heavy atom. The molecule has 2 aromatic heterocycles. The maximum atomic E-state index is 6.22. The van der Waals surface area contributed by atoms with Gasteiger partial charge < -0.3 is 10.5 Å². The van der Waals surface area contributed by atoms with Gasteiger partial charge in [-0.05, 0) is 18.4 Å². The molecule has 0 aliphatic carbocycles. The summed E-state index contributed by atoms with van der Waals surface area (Å²) < 4.78 is 5.93. The van der Waals surface area contributed by atoms with Crippen LogP contribution < -0.4 is 5.73 Å². The first-order valence-electron chi connectivity index (χ1n) is 7.55. The normalized spacial score (nSPS) is 18.1. The fourth-order valence-corrected chi connectivity index (χ4v) is 4.58. The fraction of sp³-hybridized carbons (Fsp3) is 0.600.